The van der Waals surface area contributed by atoms with Crippen LogP contribution in [0.5, 0.6) is 0 Å². The standard InChI is InChI=1S/C21H19N3O3/c1-3-24-17-12-23(18(13-25)19(17)20(26)22(2)21(24)27)11-15-9-6-8-14-7-4-5-10-16(14)15/h4-10,12-13H,3,11H2,1-2H3. The summed E-state index contributed by atoms with van der Waals surface area (Å²) >= 11 is 0. The van der Waals surface area contributed by atoms with Crippen LogP contribution in [0.1, 0.15) is 23.0 Å². The van der Waals surface area contributed by atoms with Gasteiger partial charge in [-0.05, 0) is 23.3 Å². The fourth-order valence-corrected chi connectivity index (χ4v) is 3.70. The molecule has 0 spiro atoms. The molecule has 0 bridgehead atoms. The highest BCUT2D eigenvalue weighted by atomic mass is 16.2. The zero-order valence-corrected chi connectivity index (χ0v) is 15.2. The molecule has 0 unspecified atom stereocenters. The summed E-state index contributed by atoms with van der Waals surface area (Å²) in [6.45, 7) is 2.69. The lowest BCUT2D eigenvalue weighted by Crippen LogP contribution is -2.37. The highest BCUT2D eigenvalue weighted by Gasteiger charge is 2.18. The number of carbonyl (C=O) groups excluding carboxylic acids is 1. The van der Waals surface area contributed by atoms with Crippen molar-refractivity contribution in [2.75, 3.05) is 0 Å². The van der Waals surface area contributed by atoms with Crippen molar-refractivity contribution in [3.05, 3.63) is 80.8 Å². The van der Waals surface area contributed by atoms with E-state index in [2.05, 4.69) is 0 Å². The molecule has 6 nitrogen and oxygen atoms in total. The van der Waals surface area contributed by atoms with Gasteiger partial charge in [0.1, 0.15) is 0 Å². The van der Waals surface area contributed by atoms with Gasteiger partial charge in [-0.1, -0.05) is 42.5 Å². The van der Waals surface area contributed by atoms with Crippen LogP contribution in [-0.4, -0.2) is 20.0 Å². The minimum Gasteiger partial charge on any atom is -0.338 e. The number of aryl methyl sites for hydroxylation is 1. The largest absolute Gasteiger partial charge is 0.338 e. The van der Waals surface area contributed by atoms with Crippen molar-refractivity contribution >= 4 is 28.0 Å². The fourth-order valence-electron chi connectivity index (χ4n) is 3.70. The number of aromatic nitrogens is 3. The van der Waals surface area contributed by atoms with E-state index in [0.29, 0.717) is 30.6 Å². The summed E-state index contributed by atoms with van der Waals surface area (Å²) < 4.78 is 4.33. The van der Waals surface area contributed by atoms with E-state index in [9.17, 15) is 14.4 Å². The van der Waals surface area contributed by atoms with Crippen molar-refractivity contribution in [3.8, 4) is 0 Å². The Labute approximate surface area is 154 Å². The first-order valence-electron chi connectivity index (χ1n) is 8.81. The van der Waals surface area contributed by atoms with Crippen molar-refractivity contribution in [1.82, 2.24) is 13.7 Å². The van der Waals surface area contributed by atoms with Gasteiger partial charge in [0.2, 0.25) is 0 Å². The third-order valence-corrected chi connectivity index (χ3v) is 5.08. The van der Waals surface area contributed by atoms with Gasteiger partial charge in [0.25, 0.3) is 5.56 Å². The molecule has 4 rings (SSSR count). The molecule has 6 heteroatoms. The van der Waals surface area contributed by atoms with Crippen LogP contribution in [0, 0.1) is 0 Å². The maximum Gasteiger partial charge on any atom is 0.331 e. The number of rotatable bonds is 4. The highest BCUT2D eigenvalue weighted by Crippen LogP contribution is 2.22. The summed E-state index contributed by atoms with van der Waals surface area (Å²) in [5, 5.41) is 2.49. The average molecular weight is 361 g/mol. The first-order valence-corrected chi connectivity index (χ1v) is 8.81. The summed E-state index contributed by atoms with van der Waals surface area (Å²) in [7, 11) is 1.44. The van der Waals surface area contributed by atoms with Crippen LogP contribution in [0.4, 0.5) is 0 Å². The Balaban J connectivity index is 2.00. The highest BCUT2D eigenvalue weighted by molar-refractivity contribution is 5.95. The van der Waals surface area contributed by atoms with E-state index in [1.54, 1.807) is 10.8 Å². The lowest BCUT2D eigenvalue weighted by molar-refractivity contribution is 0.111. The quantitative estimate of drug-likeness (QED) is 0.525. The molecule has 0 aliphatic carbocycles. The monoisotopic (exact) mass is 361 g/mol. The molecule has 0 N–H and O–H groups in total. The third-order valence-electron chi connectivity index (χ3n) is 5.08. The minimum absolute atomic E-state index is 0.286. The molecule has 0 saturated heterocycles. The summed E-state index contributed by atoms with van der Waals surface area (Å²) in [5.41, 5.74) is 1.00. The Morgan fingerprint density at radius 3 is 2.52 bits per heavy atom. The minimum atomic E-state index is -0.446. The van der Waals surface area contributed by atoms with Gasteiger partial charge in [0.05, 0.1) is 16.6 Å². The molecule has 0 aliphatic heterocycles. The Hall–Kier alpha value is -3.41. The van der Waals surface area contributed by atoms with Crippen LogP contribution in [-0.2, 0) is 20.1 Å². The van der Waals surface area contributed by atoms with Gasteiger partial charge in [-0.15, -0.1) is 0 Å². The second kappa shape index (κ2) is 6.39. The predicted octanol–water partition coefficient (Wildman–Crippen LogP) is 2.54. The van der Waals surface area contributed by atoms with Crippen LogP contribution in [0.15, 0.2) is 58.3 Å². The Bertz CT molecular complexity index is 1300. The third kappa shape index (κ3) is 2.52. The molecule has 0 fully saturated rings. The maximum absolute atomic E-state index is 12.7. The van der Waals surface area contributed by atoms with Gasteiger partial charge in [0, 0.05) is 26.3 Å². The zero-order valence-electron chi connectivity index (χ0n) is 15.2. The molecule has 0 amide bonds. The van der Waals surface area contributed by atoms with Gasteiger partial charge < -0.3 is 4.57 Å². The Morgan fingerprint density at radius 2 is 1.78 bits per heavy atom. The second-order valence-electron chi connectivity index (χ2n) is 6.55. The van der Waals surface area contributed by atoms with Crippen molar-refractivity contribution in [1.29, 1.82) is 0 Å². The molecular formula is C21H19N3O3. The van der Waals surface area contributed by atoms with E-state index in [4.69, 9.17) is 0 Å². The number of aldehydes is 1. The van der Waals surface area contributed by atoms with Gasteiger partial charge in [0.15, 0.2) is 6.29 Å². The van der Waals surface area contributed by atoms with Gasteiger partial charge in [-0.25, -0.2) is 4.79 Å². The fraction of sp³-hybridized carbons (Fsp3) is 0.190. The Kier molecular flexibility index (Phi) is 4.03. The molecule has 2 aromatic carbocycles. The molecular weight excluding hydrogens is 342 g/mol. The number of benzene rings is 2. The van der Waals surface area contributed by atoms with Crippen LogP contribution >= 0.6 is 0 Å². The number of hydrogen-bond acceptors (Lipinski definition) is 3. The molecule has 2 aromatic heterocycles. The van der Waals surface area contributed by atoms with Gasteiger partial charge in [-0.3, -0.25) is 18.7 Å². The molecule has 2 heterocycles. The average Bonchev–Trinajstić information content (AvgIpc) is 3.05. The smallest absolute Gasteiger partial charge is 0.331 e. The van der Waals surface area contributed by atoms with Gasteiger partial charge in [-0.2, -0.15) is 0 Å². The van der Waals surface area contributed by atoms with E-state index in [1.807, 2.05) is 49.4 Å². The number of hydrogen-bond donors (Lipinski definition) is 0. The van der Waals surface area contributed by atoms with Crippen LogP contribution < -0.4 is 11.2 Å². The van der Waals surface area contributed by atoms with Crippen LogP contribution in [0.3, 0.4) is 0 Å². The molecule has 0 aliphatic rings. The molecule has 136 valence electrons. The summed E-state index contributed by atoms with van der Waals surface area (Å²) in [5.74, 6) is 0. The van der Waals surface area contributed by atoms with E-state index < -0.39 is 5.56 Å². The SMILES string of the molecule is CCn1c(=O)n(C)c(=O)c2c(C=O)n(Cc3cccc4ccccc34)cc21. The van der Waals surface area contributed by atoms with Gasteiger partial charge >= 0.3 is 5.69 Å². The molecule has 0 saturated carbocycles. The normalized spacial score (nSPS) is 11.3. The van der Waals surface area contributed by atoms with Crippen molar-refractivity contribution in [2.24, 2.45) is 7.05 Å². The van der Waals surface area contributed by atoms with E-state index in [1.165, 1.54) is 11.6 Å². The topological polar surface area (TPSA) is 66.0 Å². The summed E-state index contributed by atoms with van der Waals surface area (Å²) in [4.78, 5) is 36.9. The molecule has 0 atom stereocenters. The number of nitrogens with zero attached hydrogens (tertiary/aromatic N) is 3. The molecule has 4 aromatic rings. The molecule has 0 radical (unpaired) electrons. The van der Waals surface area contributed by atoms with Crippen LogP contribution in [0.2, 0.25) is 0 Å². The maximum atomic E-state index is 12.7. The second-order valence-corrected chi connectivity index (χ2v) is 6.55. The Morgan fingerprint density at radius 1 is 1.04 bits per heavy atom. The molecule has 27 heavy (non-hydrogen) atoms. The van der Waals surface area contributed by atoms with Crippen molar-refractivity contribution in [2.45, 2.75) is 20.0 Å². The van der Waals surface area contributed by atoms with E-state index in [0.717, 1.165) is 20.9 Å². The predicted molar refractivity (Wildman–Crippen MR) is 106 cm³/mol. The van der Waals surface area contributed by atoms with Crippen molar-refractivity contribution in [3.63, 3.8) is 0 Å². The summed E-state index contributed by atoms with van der Waals surface area (Å²) in [6.07, 6.45) is 2.42. The number of fused-ring (bicyclic) bond motifs is 2. The van der Waals surface area contributed by atoms with E-state index >= 15 is 0 Å². The summed E-state index contributed by atoms with van der Waals surface area (Å²) in [6, 6.07) is 14.1. The number of carbonyl (C=O) groups is 1. The lowest BCUT2D eigenvalue weighted by atomic mass is 10.0. The first-order chi connectivity index (χ1) is 13.1. The first kappa shape index (κ1) is 17.0. The lowest BCUT2D eigenvalue weighted by Gasteiger charge is -2.09. The zero-order chi connectivity index (χ0) is 19.1. The van der Waals surface area contributed by atoms with Crippen LogP contribution in [0.25, 0.3) is 21.7 Å². The van der Waals surface area contributed by atoms with Crippen molar-refractivity contribution < 1.29 is 4.79 Å². The van der Waals surface area contributed by atoms with E-state index in [-0.39, 0.29) is 11.1 Å².